The van der Waals surface area contributed by atoms with Gasteiger partial charge in [0, 0.05) is 18.2 Å². The van der Waals surface area contributed by atoms with Crippen molar-refractivity contribution >= 4 is 21.6 Å². The van der Waals surface area contributed by atoms with Crippen molar-refractivity contribution in [3.05, 3.63) is 24.3 Å². The number of nitrogens with one attached hydrogen (secondary N) is 1. The summed E-state index contributed by atoms with van der Waals surface area (Å²) in [6.45, 7) is 0.504. The van der Waals surface area contributed by atoms with Gasteiger partial charge in [-0.1, -0.05) is 12.5 Å². The summed E-state index contributed by atoms with van der Waals surface area (Å²) in [5.74, 6) is 0.952. The minimum Gasteiger partial charge on any atom is -0.391 e. The van der Waals surface area contributed by atoms with Crippen LogP contribution in [0.4, 0.5) is 5.69 Å². The number of sulfonamides is 1. The van der Waals surface area contributed by atoms with Crippen LogP contribution in [-0.4, -0.2) is 42.4 Å². The van der Waals surface area contributed by atoms with E-state index in [0.29, 0.717) is 24.1 Å². The van der Waals surface area contributed by atoms with E-state index in [0.717, 1.165) is 32.1 Å². The van der Waals surface area contributed by atoms with Gasteiger partial charge in [-0.15, -0.1) is 0 Å². The summed E-state index contributed by atoms with van der Waals surface area (Å²) < 4.78 is 28.0. The number of carbonyl (C=O) groups excluding carboxylic acids is 1. The first kappa shape index (κ1) is 16.7. The Morgan fingerprint density at radius 3 is 2.69 bits per heavy atom. The Balaban J connectivity index is 1.40. The molecule has 5 atom stereocenters. The number of nitrogens with zero attached hydrogens (tertiary/aromatic N) is 1. The first-order chi connectivity index (χ1) is 12.4. The molecule has 7 heteroatoms. The molecule has 2 bridgehead atoms. The predicted octanol–water partition coefficient (Wildman–Crippen LogP) is 1.81. The Morgan fingerprint density at radius 1 is 1.19 bits per heavy atom. The quantitative estimate of drug-likeness (QED) is 0.839. The van der Waals surface area contributed by atoms with E-state index in [2.05, 4.69) is 5.32 Å². The lowest BCUT2D eigenvalue weighted by molar-refractivity contribution is -0.122. The maximum atomic E-state index is 13.2. The van der Waals surface area contributed by atoms with Crippen molar-refractivity contribution in [2.24, 2.45) is 23.7 Å². The molecule has 1 saturated heterocycles. The van der Waals surface area contributed by atoms with Crippen LogP contribution in [-0.2, 0) is 14.8 Å². The molecule has 1 aliphatic heterocycles. The third kappa shape index (κ3) is 2.37. The molecule has 3 aliphatic carbocycles. The summed E-state index contributed by atoms with van der Waals surface area (Å²) in [6.07, 6.45) is 4.22. The number of rotatable bonds is 4. The van der Waals surface area contributed by atoms with Crippen molar-refractivity contribution in [2.75, 3.05) is 11.9 Å². The Labute approximate surface area is 153 Å². The number of hydrogen-bond donors (Lipinski definition) is 2. The number of amides is 1. The molecule has 1 amide bonds. The van der Waals surface area contributed by atoms with Gasteiger partial charge in [-0.3, -0.25) is 4.79 Å². The van der Waals surface area contributed by atoms with Gasteiger partial charge in [0.25, 0.3) is 0 Å². The van der Waals surface area contributed by atoms with Crippen LogP contribution in [0.3, 0.4) is 0 Å². The van der Waals surface area contributed by atoms with Gasteiger partial charge in [-0.2, -0.15) is 4.31 Å². The molecule has 6 nitrogen and oxygen atoms in total. The second-order valence-corrected chi connectivity index (χ2v) is 10.2. The van der Waals surface area contributed by atoms with E-state index in [-0.39, 0.29) is 28.7 Å². The largest absolute Gasteiger partial charge is 0.391 e. The number of hydrogen-bond acceptors (Lipinski definition) is 4. The van der Waals surface area contributed by atoms with Gasteiger partial charge in [-0.05, 0) is 61.6 Å². The lowest BCUT2D eigenvalue weighted by atomic mass is 9.85. The molecule has 4 fully saturated rings. The van der Waals surface area contributed by atoms with Crippen molar-refractivity contribution in [3.8, 4) is 0 Å². The number of carbonyl (C=O) groups is 1. The van der Waals surface area contributed by atoms with Gasteiger partial charge in [0.15, 0.2) is 0 Å². The Morgan fingerprint density at radius 2 is 2.00 bits per heavy atom. The molecule has 1 aromatic carbocycles. The standard InChI is InChI=1S/C19H24N2O4S/c22-18-12-7-13-10-21(17(18)16(13)8-12)26(24,25)15-6-2-5-14(9-15)20-19(23)11-3-1-4-11/h2,5-6,9,11-13,16-18,22H,1,3-4,7-8,10H2,(H,20,23). The summed E-state index contributed by atoms with van der Waals surface area (Å²) in [6, 6.07) is 6.24. The minimum atomic E-state index is -3.68. The SMILES string of the molecule is O=C(Nc1cccc(S(=O)(=O)N2CC3CC4CC3C2C4O)c1)C1CCC1. The maximum Gasteiger partial charge on any atom is 0.243 e. The number of benzene rings is 1. The van der Waals surface area contributed by atoms with Crippen LogP contribution in [0.2, 0.25) is 0 Å². The van der Waals surface area contributed by atoms with E-state index in [1.165, 1.54) is 4.31 Å². The highest BCUT2D eigenvalue weighted by molar-refractivity contribution is 7.89. The summed E-state index contributed by atoms with van der Waals surface area (Å²) >= 11 is 0. The van der Waals surface area contributed by atoms with E-state index in [1.807, 2.05) is 0 Å². The number of fused-ring (bicyclic) bond motifs is 1. The summed E-state index contributed by atoms with van der Waals surface area (Å²) in [5, 5.41) is 13.3. The molecule has 5 rings (SSSR count). The molecule has 0 spiro atoms. The molecule has 140 valence electrons. The minimum absolute atomic E-state index is 0.0286. The summed E-state index contributed by atoms with van der Waals surface area (Å²) in [4.78, 5) is 12.3. The zero-order valence-electron chi connectivity index (χ0n) is 14.5. The van der Waals surface area contributed by atoms with Gasteiger partial charge in [-0.25, -0.2) is 8.42 Å². The average molecular weight is 376 g/mol. The van der Waals surface area contributed by atoms with Crippen LogP contribution < -0.4 is 5.32 Å². The van der Waals surface area contributed by atoms with Crippen LogP contribution in [0.25, 0.3) is 0 Å². The van der Waals surface area contributed by atoms with Gasteiger partial charge in [0.1, 0.15) is 0 Å². The lowest BCUT2D eigenvalue weighted by Crippen LogP contribution is -2.43. The molecule has 1 aromatic rings. The fourth-order valence-corrected chi connectivity index (χ4v) is 7.21. The van der Waals surface area contributed by atoms with Crippen LogP contribution in [0.5, 0.6) is 0 Å². The lowest BCUT2D eigenvalue weighted by Gasteiger charge is -2.28. The average Bonchev–Trinajstić information content (AvgIpc) is 3.15. The molecule has 2 N–H and O–H groups in total. The van der Waals surface area contributed by atoms with Crippen LogP contribution in [0, 0.1) is 23.7 Å². The first-order valence-corrected chi connectivity index (χ1v) is 11.0. The Kier molecular flexibility index (Phi) is 3.71. The monoisotopic (exact) mass is 376 g/mol. The smallest absolute Gasteiger partial charge is 0.243 e. The van der Waals surface area contributed by atoms with Crippen molar-refractivity contribution in [2.45, 2.75) is 49.1 Å². The highest BCUT2D eigenvalue weighted by Gasteiger charge is 2.61. The van der Waals surface area contributed by atoms with Crippen molar-refractivity contribution < 1.29 is 18.3 Å². The van der Waals surface area contributed by atoms with E-state index in [4.69, 9.17) is 0 Å². The number of aliphatic hydroxyl groups excluding tert-OH is 1. The molecule has 0 radical (unpaired) electrons. The topological polar surface area (TPSA) is 86.7 Å². The third-order valence-electron chi connectivity index (χ3n) is 6.99. The van der Waals surface area contributed by atoms with Crippen molar-refractivity contribution in [1.82, 2.24) is 4.31 Å². The summed E-state index contributed by atoms with van der Waals surface area (Å²) in [5.41, 5.74) is 0.523. The van der Waals surface area contributed by atoms with E-state index >= 15 is 0 Å². The second-order valence-electron chi connectivity index (χ2n) is 8.36. The zero-order valence-corrected chi connectivity index (χ0v) is 15.4. The molecule has 4 aliphatic rings. The molecule has 5 unspecified atom stereocenters. The van der Waals surface area contributed by atoms with E-state index < -0.39 is 16.1 Å². The highest BCUT2D eigenvalue weighted by Crippen LogP contribution is 2.56. The van der Waals surface area contributed by atoms with Crippen molar-refractivity contribution in [3.63, 3.8) is 0 Å². The Bertz CT molecular complexity index is 849. The molecule has 3 saturated carbocycles. The third-order valence-corrected chi connectivity index (χ3v) is 8.85. The molecular formula is C19H24N2O4S. The fourth-order valence-electron chi connectivity index (χ4n) is 5.42. The summed E-state index contributed by atoms with van der Waals surface area (Å²) in [7, 11) is -3.68. The molecule has 1 heterocycles. The van der Waals surface area contributed by atoms with E-state index in [1.54, 1.807) is 24.3 Å². The Hall–Kier alpha value is -1.44. The first-order valence-electron chi connectivity index (χ1n) is 9.56. The molecule has 26 heavy (non-hydrogen) atoms. The number of anilines is 1. The second kappa shape index (κ2) is 5.78. The zero-order chi connectivity index (χ0) is 18.1. The van der Waals surface area contributed by atoms with Gasteiger partial charge in [0.05, 0.1) is 17.0 Å². The van der Waals surface area contributed by atoms with Gasteiger partial charge in [0.2, 0.25) is 15.9 Å². The fraction of sp³-hybridized carbons (Fsp3) is 0.632. The highest BCUT2D eigenvalue weighted by atomic mass is 32.2. The van der Waals surface area contributed by atoms with Gasteiger partial charge >= 0.3 is 0 Å². The van der Waals surface area contributed by atoms with Crippen LogP contribution >= 0.6 is 0 Å². The van der Waals surface area contributed by atoms with Crippen LogP contribution in [0.15, 0.2) is 29.2 Å². The normalized spacial score (nSPS) is 36.3. The predicted molar refractivity (Wildman–Crippen MR) is 95.8 cm³/mol. The van der Waals surface area contributed by atoms with Gasteiger partial charge < -0.3 is 10.4 Å². The van der Waals surface area contributed by atoms with Crippen LogP contribution in [0.1, 0.15) is 32.1 Å². The molecule has 0 aromatic heterocycles. The maximum absolute atomic E-state index is 13.2. The van der Waals surface area contributed by atoms with E-state index in [9.17, 15) is 18.3 Å². The molecular weight excluding hydrogens is 352 g/mol. The number of aliphatic hydroxyl groups is 1. The van der Waals surface area contributed by atoms with Crippen molar-refractivity contribution in [1.29, 1.82) is 0 Å².